The van der Waals surface area contributed by atoms with E-state index in [1.54, 1.807) is 11.5 Å². The van der Waals surface area contributed by atoms with Crippen LogP contribution in [0.4, 0.5) is 0 Å². The van der Waals surface area contributed by atoms with E-state index < -0.39 is 17.8 Å². The van der Waals surface area contributed by atoms with Gasteiger partial charge in [0.1, 0.15) is 0 Å². The number of hydrogen-bond acceptors (Lipinski definition) is 5. The van der Waals surface area contributed by atoms with Crippen molar-refractivity contribution in [3.63, 3.8) is 0 Å². The minimum atomic E-state index is -1.82. The Hall–Kier alpha value is -2.91. The van der Waals surface area contributed by atoms with Crippen molar-refractivity contribution >= 4 is 28.7 Å². The first-order valence-electron chi connectivity index (χ1n) is 9.18. The van der Waals surface area contributed by atoms with Crippen LogP contribution in [-0.2, 0) is 16.0 Å². The molecule has 4 rings (SSSR count). The molecule has 6 N–H and O–H groups in total. The van der Waals surface area contributed by atoms with Gasteiger partial charge in [-0.1, -0.05) is 0 Å². The summed E-state index contributed by atoms with van der Waals surface area (Å²) in [6.45, 7) is 2.23. The van der Waals surface area contributed by atoms with Crippen LogP contribution in [0.1, 0.15) is 46.8 Å². The molecule has 1 aliphatic carbocycles. The number of amides is 1. The lowest BCUT2D eigenvalue weighted by atomic mass is 9.78. The van der Waals surface area contributed by atoms with Crippen LogP contribution in [0.3, 0.4) is 0 Å². The molecule has 1 amide bonds. The number of hydrogen-bond donors (Lipinski definition) is 6. The molecule has 1 aromatic heterocycles. The smallest absolute Gasteiger partial charge is 0.414 e. The largest absolute Gasteiger partial charge is 0.473 e. The topological polar surface area (TPSA) is 152 Å². The maximum atomic E-state index is 11.6. The molecule has 2 heterocycles. The number of carboxylic acids is 2. The lowest BCUT2D eigenvalue weighted by Gasteiger charge is -2.27. The average Bonchev–Trinajstić information content (AvgIpc) is 3.34. The van der Waals surface area contributed by atoms with Crippen LogP contribution < -0.4 is 10.8 Å². The summed E-state index contributed by atoms with van der Waals surface area (Å²) in [4.78, 5) is 33.4. The second-order valence-electron chi connectivity index (χ2n) is 7.08. The molecule has 0 bridgehead atoms. The molecule has 0 spiro atoms. The molecule has 9 nitrogen and oxygen atoms in total. The molecule has 9 heteroatoms. The molecule has 0 saturated carbocycles. The molecule has 2 aromatic rings. The Labute approximate surface area is 160 Å². The van der Waals surface area contributed by atoms with Gasteiger partial charge in [0.2, 0.25) is 0 Å². The van der Waals surface area contributed by atoms with E-state index in [0.717, 1.165) is 30.4 Å². The number of aromatic nitrogens is 1. The summed E-state index contributed by atoms with van der Waals surface area (Å²) in [6, 6.07) is 5.59. The first kappa shape index (κ1) is 19.8. The fourth-order valence-electron chi connectivity index (χ4n) is 4.20. The van der Waals surface area contributed by atoms with Crippen molar-refractivity contribution in [1.82, 2.24) is 15.8 Å². The number of H-pyrrole nitrogens is 1. The second-order valence-corrected chi connectivity index (χ2v) is 7.08. The van der Waals surface area contributed by atoms with Gasteiger partial charge in [-0.25, -0.2) is 15.1 Å². The van der Waals surface area contributed by atoms with Gasteiger partial charge in [0.15, 0.2) is 0 Å². The average molecular weight is 389 g/mol. The Balaban J connectivity index is 0.000000330. The van der Waals surface area contributed by atoms with Gasteiger partial charge in [-0.05, 0) is 68.5 Å². The Bertz CT molecular complexity index is 888. The highest BCUT2D eigenvalue weighted by Crippen LogP contribution is 2.41. The molecule has 2 aliphatic rings. The van der Waals surface area contributed by atoms with Gasteiger partial charge in [-0.3, -0.25) is 10.0 Å². The number of aromatic amines is 1. The predicted octanol–water partition coefficient (Wildman–Crippen LogP) is 1.47. The number of aryl methyl sites for hydroxylation is 1. The van der Waals surface area contributed by atoms with Crippen molar-refractivity contribution in [2.75, 3.05) is 13.1 Å². The van der Waals surface area contributed by atoms with Gasteiger partial charge >= 0.3 is 11.9 Å². The van der Waals surface area contributed by atoms with Crippen molar-refractivity contribution in [2.45, 2.75) is 31.6 Å². The molecule has 0 radical (unpaired) electrons. The van der Waals surface area contributed by atoms with Crippen molar-refractivity contribution in [1.29, 1.82) is 0 Å². The maximum absolute atomic E-state index is 11.6. The third-order valence-corrected chi connectivity index (χ3v) is 5.47. The van der Waals surface area contributed by atoms with Crippen LogP contribution >= 0.6 is 0 Å². The predicted molar refractivity (Wildman–Crippen MR) is 99.5 cm³/mol. The fraction of sp³-hybridized carbons (Fsp3) is 0.421. The highest BCUT2D eigenvalue weighted by molar-refractivity contribution is 6.27. The summed E-state index contributed by atoms with van der Waals surface area (Å²) < 4.78 is 0. The summed E-state index contributed by atoms with van der Waals surface area (Å²) >= 11 is 0. The third-order valence-electron chi connectivity index (χ3n) is 5.47. The van der Waals surface area contributed by atoms with E-state index in [9.17, 15) is 4.79 Å². The highest BCUT2D eigenvalue weighted by Gasteiger charge is 2.32. The number of fused-ring (bicyclic) bond motifs is 3. The quantitative estimate of drug-likeness (QED) is 0.258. The molecule has 1 saturated heterocycles. The van der Waals surface area contributed by atoms with Gasteiger partial charge in [0.25, 0.3) is 5.91 Å². The Morgan fingerprint density at radius 3 is 2.46 bits per heavy atom. The van der Waals surface area contributed by atoms with E-state index in [1.807, 2.05) is 12.1 Å². The van der Waals surface area contributed by atoms with Crippen LogP contribution in [0.5, 0.6) is 0 Å². The molecule has 2 unspecified atom stereocenters. The Morgan fingerprint density at radius 1 is 1.11 bits per heavy atom. The summed E-state index contributed by atoms with van der Waals surface area (Å²) in [5.74, 6) is -2.79. The van der Waals surface area contributed by atoms with E-state index >= 15 is 0 Å². The SMILES string of the molecule is O=C(NO)c1ccc2[nH]c3c(c2c1)CCCC3C1CCNC1.O=C(O)C(=O)O. The van der Waals surface area contributed by atoms with Crippen LogP contribution in [0.25, 0.3) is 10.9 Å². The van der Waals surface area contributed by atoms with Crippen LogP contribution in [-0.4, -0.2) is 51.3 Å². The number of carbonyl (C=O) groups excluding carboxylic acids is 1. The molecule has 1 fully saturated rings. The van der Waals surface area contributed by atoms with Crippen LogP contribution in [0.2, 0.25) is 0 Å². The first-order valence-corrected chi connectivity index (χ1v) is 9.18. The molecule has 28 heavy (non-hydrogen) atoms. The first-order chi connectivity index (χ1) is 13.4. The fourth-order valence-corrected chi connectivity index (χ4v) is 4.20. The van der Waals surface area contributed by atoms with Crippen molar-refractivity contribution in [3.8, 4) is 0 Å². The zero-order valence-corrected chi connectivity index (χ0v) is 15.2. The van der Waals surface area contributed by atoms with Crippen molar-refractivity contribution in [3.05, 3.63) is 35.0 Å². The number of rotatable bonds is 2. The standard InChI is InChI=1S/C17H21N3O2.C2H2O4/c21-17(20-22)10-4-5-15-14(8-10)13-3-1-2-12(16(13)19-15)11-6-7-18-9-11;3-1(4)2(5)6/h4-5,8,11-12,18-19,22H,1-3,6-7,9H2,(H,20,21);(H,3,4)(H,5,6). The number of aliphatic carboxylic acids is 2. The lowest BCUT2D eigenvalue weighted by molar-refractivity contribution is -0.159. The molecule has 1 aliphatic heterocycles. The van der Waals surface area contributed by atoms with E-state index in [-0.39, 0.29) is 0 Å². The molecule has 150 valence electrons. The van der Waals surface area contributed by atoms with Crippen LogP contribution in [0.15, 0.2) is 18.2 Å². The van der Waals surface area contributed by atoms with Crippen molar-refractivity contribution < 1.29 is 29.8 Å². The van der Waals surface area contributed by atoms with E-state index in [0.29, 0.717) is 17.4 Å². The number of hydroxylamine groups is 1. The van der Waals surface area contributed by atoms with Crippen LogP contribution in [0, 0.1) is 5.92 Å². The third kappa shape index (κ3) is 4.00. The minimum Gasteiger partial charge on any atom is -0.473 e. The maximum Gasteiger partial charge on any atom is 0.414 e. The summed E-state index contributed by atoms with van der Waals surface area (Å²) in [6.07, 6.45) is 4.77. The summed E-state index contributed by atoms with van der Waals surface area (Å²) in [5, 5.41) is 28.2. The Morgan fingerprint density at radius 2 is 1.86 bits per heavy atom. The van der Waals surface area contributed by atoms with Gasteiger partial charge in [0.05, 0.1) is 0 Å². The van der Waals surface area contributed by atoms with Gasteiger partial charge in [-0.15, -0.1) is 0 Å². The molecule has 2 atom stereocenters. The number of carboxylic acid groups (broad SMARTS) is 2. The number of carbonyl (C=O) groups is 3. The summed E-state index contributed by atoms with van der Waals surface area (Å²) in [5.41, 5.74) is 6.05. The summed E-state index contributed by atoms with van der Waals surface area (Å²) in [7, 11) is 0. The van der Waals surface area contributed by atoms with Crippen molar-refractivity contribution in [2.24, 2.45) is 5.92 Å². The lowest BCUT2D eigenvalue weighted by Crippen LogP contribution is -2.20. The normalized spacial score (nSPS) is 20.8. The van der Waals surface area contributed by atoms with Gasteiger partial charge in [0, 0.05) is 28.1 Å². The van der Waals surface area contributed by atoms with E-state index in [2.05, 4.69) is 10.3 Å². The zero-order valence-electron chi connectivity index (χ0n) is 15.2. The molecule has 1 aromatic carbocycles. The van der Waals surface area contributed by atoms with Gasteiger partial charge < -0.3 is 20.5 Å². The Kier molecular flexibility index (Phi) is 5.96. The molecular weight excluding hydrogens is 366 g/mol. The zero-order chi connectivity index (χ0) is 20.3. The second kappa shape index (κ2) is 8.41. The molecular formula is C19H23N3O6. The number of benzene rings is 1. The highest BCUT2D eigenvalue weighted by atomic mass is 16.5. The minimum absolute atomic E-state index is 0.454. The van der Waals surface area contributed by atoms with E-state index in [4.69, 9.17) is 25.0 Å². The van der Waals surface area contributed by atoms with Gasteiger partial charge in [-0.2, -0.15) is 0 Å². The number of nitrogens with one attached hydrogen (secondary N) is 3. The monoisotopic (exact) mass is 389 g/mol. The van der Waals surface area contributed by atoms with E-state index in [1.165, 1.54) is 30.5 Å².